The maximum absolute atomic E-state index is 13.6. The standard InChI is InChI=1S/C14H19F3N2O/c1-19-7-8(6-18)3-12(19)10-4-9(15)5-11(14(16)17)13(10)20-2/h4-5,8,12,14H,3,6-7,18H2,1-2H3. The monoisotopic (exact) mass is 288 g/mol. The number of nitrogens with two attached hydrogens (primary N) is 1. The number of hydrogen-bond donors (Lipinski definition) is 1. The molecule has 0 bridgehead atoms. The van der Waals surface area contributed by atoms with Crippen LogP contribution in [-0.4, -0.2) is 32.1 Å². The number of methoxy groups -OCH3 is 1. The van der Waals surface area contributed by atoms with Crippen molar-refractivity contribution >= 4 is 0 Å². The lowest BCUT2D eigenvalue weighted by Crippen LogP contribution is -2.21. The molecule has 2 unspecified atom stereocenters. The summed E-state index contributed by atoms with van der Waals surface area (Å²) in [6.07, 6.45) is -2.05. The molecule has 1 heterocycles. The average molecular weight is 288 g/mol. The summed E-state index contributed by atoms with van der Waals surface area (Å²) in [5, 5.41) is 0. The molecule has 1 aliphatic rings. The molecule has 0 saturated carbocycles. The number of alkyl halides is 2. The average Bonchev–Trinajstić information content (AvgIpc) is 2.78. The lowest BCUT2D eigenvalue weighted by atomic mass is 9.97. The molecule has 1 fully saturated rings. The number of rotatable bonds is 4. The third kappa shape index (κ3) is 2.76. The maximum Gasteiger partial charge on any atom is 0.267 e. The Labute approximate surface area is 116 Å². The summed E-state index contributed by atoms with van der Waals surface area (Å²) >= 11 is 0. The van der Waals surface area contributed by atoms with Crippen molar-refractivity contribution in [1.82, 2.24) is 4.90 Å². The van der Waals surface area contributed by atoms with Gasteiger partial charge in [0.25, 0.3) is 6.43 Å². The minimum atomic E-state index is -2.77. The first-order valence-electron chi connectivity index (χ1n) is 6.53. The Morgan fingerprint density at radius 3 is 2.65 bits per heavy atom. The van der Waals surface area contributed by atoms with Crippen LogP contribution in [0.3, 0.4) is 0 Å². The summed E-state index contributed by atoms with van der Waals surface area (Å²) in [6, 6.07) is 1.97. The third-order valence-corrected chi connectivity index (χ3v) is 3.88. The Balaban J connectivity index is 2.45. The minimum absolute atomic E-state index is 0.0796. The van der Waals surface area contributed by atoms with Gasteiger partial charge in [-0.1, -0.05) is 0 Å². The van der Waals surface area contributed by atoms with E-state index in [1.165, 1.54) is 13.2 Å². The summed E-state index contributed by atoms with van der Waals surface area (Å²) in [4.78, 5) is 2.00. The van der Waals surface area contributed by atoms with Gasteiger partial charge in [-0.3, -0.25) is 4.90 Å². The summed E-state index contributed by atoms with van der Waals surface area (Å²) in [5.74, 6) is -0.301. The van der Waals surface area contributed by atoms with Crippen LogP contribution < -0.4 is 10.5 Å². The van der Waals surface area contributed by atoms with E-state index in [0.717, 1.165) is 19.0 Å². The Morgan fingerprint density at radius 2 is 2.15 bits per heavy atom. The molecule has 0 amide bonds. The van der Waals surface area contributed by atoms with E-state index in [0.29, 0.717) is 12.1 Å². The molecule has 0 radical (unpaired) electrons. The van der Waals surface area contributed by atoms with Crippen LogP contribution >= 0.6 is 0 Å². The van der Waals surface area contributed by atoms with Crippen molar-refractivity contribution in [1.29, 1.82) is 0 Å². The van der Waals surface area contributed by atoms with E-state index in [1.54, 1.807) is 0 Å². The van der Waals surface area contributed by atoms with Crippen molar-refractivity contribution < 1.29 is 17.9 Å². The second-order valence-corrected chi connectivity index (χ2v) is 5.21. The fourth-order valence-electron chi connectivity index (χ4n) is 2.92. The number of hydrogen-bond acceptors (Lipinski definition) is 3. The Bertz CT molecular complexity index is 482. The van der Waals surface area contributed by atoms with E-state index in [4.69, 9.17) is 10.5 Å². The van der Waals surface area contributed by atoms with Gasteiger partial charge in [-0.15, -0.1) is 0 Å². The molecule has 0 aliphatic carbocycles. The van der Waals surface area contributed by atoms with Crippen LogP contribution in [0.1, 0.15) is 30.0 Å². The highest BCUT2D eigenvalue weighted by Crippen LogP contribution is 2.42. The van der Waals surface area contributed by atoms with E-state index in [9.17, 15) is 13.2 Å². The van der Waals surface area contributed by atoms with Crippen molar-refractivity contribution in [3.05, 3.63) is 29.1 Å². The molecule has 2 atom stereocenters. The van der Waals surface area contributed by atoms with Crippen LogP contribution in [-0.2, 0) is 0 Å². The number of ether oxygens (including phenoxy) is 1. The fraction of sp³-hybridized carbons (Fsp3) is 0.571. The molecular formula is C14H19F3N2O. The van der Waals surface area contributed by atoms with Crippen molar-refractivity contribution in [2.45, 2.75) is 18.9 Å². The van der Waals surface area contributed by atoms with Crippen LogP contribution in [0.5, 0.6) is 5.75 Å². The Morgan fingerprint density at radius 1 is 1.45 bits per heavy atom. The highest BCUT2D eigenvalue weighted by Gasteiger charge is 2.33. The number of halogens is 3. The molecule has 20 heavy (non-hydrogen) atoms. The van der Waals surface area contributed by atoms with E-state index in [-0.39, 0.29) is 17.7 Å². The van der Waals surface area contributed by atoms with E-state index in [2.05, 4.69) is 0 Å². The highest BCUT2D eigenvalue weighted by molar-refractivity contribution is 5.45. The van der Waals surface area contributed by atoms with Gasteiger partial charge in [-0.2, -0.15) is 0 Å². The summed E-state index contributed by atoms with van der Waals surface area (Å²) < 4.78 is 44.8. The van der Waals surface area contributed by atoms with Crippen LogP contribution in [0.2, 0.25) is 0 Å². The summed E-state index contributed by atoms with van der Waals surface area (Å²) in [5.41, 5.74) is 5.74. The zero-order chi connectivity index (χ0) is 14.9. The van der Waals surface area contributed by atoms with Crippen LogP contribution in [0.25, 0.3) is 0 Å². The third-order valence-electron chi connectivity index (χ3n) is 3.88. The van der Waals surface area contributed by atoms with Gasteiger partial charge in [0, 0.05) is 18.2 Å². The van der Waals surface area contributed by atoms with Gasteiger partial charge >= 0.3 is 0 Å². The topological polar surface area (TPSA) is 38.5 Å². The Hall–Kier alpha value is -1.27. The largest absolute Gasteiger partial charge is 0.496 e. The first-order chi connectivity index (χ1) is 9.47. The number of nitrogens with zero attached hydrogens (tertiary/aromatic N) is 1. The zero-order valence-electron chi connectivity index (χ0n) is 11.6. The van der Waals surface area contributed by atoms with Gasteiger partial charge in [0.1, 0.15) is 11.6 Å². The van der Waals surface area contributed by atoms with Crippen molar-refractivity contribution in [2.75, 3.05) is 27.2 Å². The van der Waals surface area contributed by atoms with E-state index >= 15 is 0 Å². The molecule has 0 spiro atoms. The van der Waals surface area contributed by atoms with Gasteiger partial charge in [-0.05, 0) is 38.1 Å². The van der Waals surface area contributed by atoms with Gasteiger partial charge in [0.05, 0.1) is 12.7 Å². The predicted molar refractivity (Wildman–Crippen MR) is 70.4 cm³/mol. The minimum Gasteiger partial charge on any atom is -0.496 e. The molecule has 6 heteroatoms. The molecular weight excluding hydrogens is 269 g/mol. The Kier molecular flexibility index (Phi) is 4.55. The maximum atomic E-state index is 13.6. The zero-order valence-corrected chi connectivity index (χ0v) is 11.6. The van der Waals surface area contributed by atoms with Gasteiger partial charge in [0.15, 0.2) is 0 Å². The molecule has 1 aromatic carbocycles. The molecule has 2 rings (SSSR count). The van der Waals surface area contributed by atoms with Crippen LogP contribution in [0, 0.1) is 11.7 Å². The fourth-order valence-corrected chi connectivity index (χ4v) is 2.92. The number of benzene rings is 1. The molecule has 1 aliphatic heterocycles. The van der Waals surface area contributed by atoms with Crippen LogP contribution in [0.15, 0.2) is 12.1 Å². The molecule has 1 saturated heterocycles. The van der Waals surface area contributed by atoms with Crippen molar-refractivity contribution in [3.63, 3.8) is 0 Å². The molecule has 2 N–H and O–H groups in total. The normalized spacial score (nSPS) is 23.6. The first kappa shape index (κ1) is 15.1. The van der Waals surface area contributed by atoms with Gasteiger partial charge in [-0.25, -0.2) is 13.2 Å². The quantitative estimate of drug-likeness (QED) is 0.926. The first-order valence-corrected chi connectivity index (χ1v) is 6.53. The SMILES string of the molecule is COc1c(C(F)F)cc(F)cc1C1CC(CN)CN1C. The van der Waals surface area contributed by atoms with E-state index < -0.39 is 17.8 Å². The lowest BCUT2D eigenvalue weighted by molar-refractivity contribution is 0.145. The molecule has 0 aromatic heterocycles. The predicted octanol–water partition coefficient (Wildman–Crippen LogP) is 2.72. The van der Waals surface area contributed by atoms with Gasteiger partial charge < -0.3 is 10.5 Å². The van der Waals surface area contributed by atoms with Crippen LogP contribution in [0.4, 0.5) is 13.2 Å². The number of likely N-dealkylation sites (tertiary alicyclic amines) is 1. The van der Waals surface area contributed by atoms with E-state index in [1.807, 2.05) is 11.9 Å². The summed E-state index contributed by atoms with van der Waals surface area (Å²) in [7, 11) is 3.21. The molecule has 3 nitrogen and oxygen atoms in total. The second kappa shape index (κ2) is 6.01. The molecule has 112 valence electrons. The highest BCUT2D eigenvalue weighted by atomic mass is 19.3. The second-order valence-electron chi connectivity index (χ2n) is 5.21. The van der Waals surface area contributed by atoms with Crippen molar-refractivity contribution in [2.24, 2.45) is 11.7 Å². The smallest absolute Gasteiger partial charge is 0.267 e. The summed E-state index contributed by atoms with van der Waals surface area (Å²) in [6.45, 7) is 1.30. The lowest BCUT2D eigenvalue weighted by Gasteiger charge is -2.23. The van der Waals surface area contributed by atoms with Crippen molar-refractivity contribution in [3.8, 4) is 5.75 Å². The van der Waals surface area contributed by atoms with Gasteiger partial charge in [0.2, 0.25) is 0 Å². The molecule has 1 aromatic rings.